The molecule has 0 N–H and O–H groups in total. The molecule has 0 radical (unpaired) electrons. The zero-order valence-electron chi connectivity index (χ0n) is 35.8. The predicted octanol–water partition coefficient (Wildman–Crippen LogP) is 7.92. The maximum Gasteiger partial charge on any atom is 2.00 e. The van der Waals surface area contributed by atoms with Gasteiger partial charge in [-0.3, -0.25) is 12.2 Å². The minimum atomic E-state index is 0. The summed E-state index contributed by atoms with van der Waals surface area (Å²) in [5.41, 5.74) is 17.5. The van der Waals surface area contributed by atoms with Crippen LogP contribution >= 0.6 is 0 Å². The normalized spacial score (nSPS) is 13.6. The van der Waals surface area contributed by atoms with Crippen molar-refractivity contribution in [3.8, 4) is 22.3 Å². The summed E-state index contributed by atoms with van der Waals surface area (Å²) in [6.45, 7) is 27.3. The van der Waals surface area contributed by atoms with Gasteiger partial charge in [0.1, 0.15) is 0 Å². The van der Waals surface area contributed by atoms with E-state index in [2.05, 4.69) is 180 Å². The Labute approximate surface area is 401 Å². The molecule has 0 unspecified atom stereocenters. The maximum atomic E-state index is 3.53. The van der Waals surface area contributed by atoms with Crippen LogP contribution in [0, 0.1) is 24.3 Å². The number of halogens is 2. The van der Waals surface area contributed by atoms with Crippen molar-refractivity contribution >= 4 is 0 Å². The predicted molar refractivity (Wildman–Crippen MR) is 225 cm³/mol. The molecule has 0 saturated heterocycles. The van der Waals surface area contributed by atoms with Gasteiger partial charge in [-0.2, -0.15) is 70.8 Å². The first kappa shape index (κ1) is 52.6. The van der Waals surface area contributed by atoms with E-state index in [-0.39, 0.29) is 108 Å². The fourth-order valence-corrected chi connectivity index (χ4v) is 6.65. The van der Waals surface area contributed by atoms with Gasteiger partial charge < -0.3 is 34.0 Å². The fourth-order valence-electron chi connectivity index (χ4n) is 6.65. The summed E-state index contributed by atoms with van der Waals surface area (Å²) in [7, 11) is 0. The van der Waals surface area contributed by atoms with Crippen LogP contribution in [0.3, 0.4) is 0 Å². The van der Waals surface area contributed by atoms with Crippen LogP contribution in [0.5, 0.6) is 0 Å². The molecular formula is C52H60Br2Zr2-2. The van der Waals surface area contributed by atoms with Crippen LogP contribution in [0.2, 0.25) is 0 Å². The summed E-state index contributed by atoms with van der Waals surface area (Å²) in [4.78, 5) is 0. The number of allylic oxidation sites excluding steroid dienone is 8. The van der Waals surface area contributed by atoms with E-state index in [4.69, 9.17) is 0 Å². The van der Waals surface area contributed by atoms with E-state index in [1.165, 1.54) is 66.8 Å². The first-order valence-electron chi connectivity index (χ1n) is 19.1. The Bertz CT molecular complexity index is 1730. The standard InChI is InChI=1S/2C21H25.2C5H5.2BrH.2Zr/c2*1-20(2,3)16-9-7-14-11-15-8-10-17(21(4,5)6)13-19(15)18(14)12-16;2*1-2-4-5-3-1;;;;/h2*7,9-10,12-13H,11H2,1-6H3;2*1-3H,4H2;2*1H;;/q4*-1;;;2*+2/p-2. The van der Waals surface area contributed by atoms with Gasteiger partial charge in [0.15, 0.2) is 0 Å². The summed E-state index contributed by atoms with van der Waals surface area (Å²) in [6, 6.07) is 30.1. The average molecular weight is 1030 g/mol. The zero-order chi connectivity index (χ0) is 37.9. The molecule has 0 aliphatic heterocycles. The van der Waals surface area contributed by atoms with Gasteiger partial charge in [0, 0.05) is 0 Å². The topological polar surface area (TPSA) is 0 Å². The molecule has 0 bridgehead atoms. The maximum absolute atomic E-state index is 3.53. The Morgan fingerprint density at radius 3 is 1.00 bits per heavy atom. The number of hydrogen-bond acceptors (Lipinski definition) is 0. The summed E-state index contributed by atoms with van der Waals surface area (Å²) in [6.07, 6.45) is 22.1. The van der Waals surface area contributed by atoms with Crippen molar-refractivity contribution in [1.29, 1.82) is 0 Å². The molecule has 4 heteroatoms. The van der Waals surface area contributed by atoms with Crippen molar-refractivity contribution in [2.75, 3.05) is 0 Å². The second-order valence-corrected chi connectivity index (χ2v) is 18.7. The molecule has 0 atom stereocenters. The number of hydrogen-bond donors (Lipinski definition) is 0. The summed E-state index contributed by atoms with van der Waals surface area (Å²) < 4.78 is 0. The van der Waals surface area contributed by atoms with E-state index < -0.39 is 0 Å². The van der Waals surface area contributed by atoms with Crippen LogP contribution in [-0.4, -0.2) is 0 Å². The largest absolute Gasteiger partial charge is 2.00 e. The SMILES string of the molecule is CC(C)(C)c1c[c-]c2c(c1)-c1cc(C(C)(C)C)ccc1C2.CC(C)(C)c1c[c-]c2c(c1)-c1cc(C(C)(C)C)ccc1C2.[Br-].[Br-].[C-]1=CC=CC1.[C-]1=CC=CC1.[Zr+2].[Zr+2]. The van der Waals surface area contributed by atoms with Gasteiger partial charge in [0.25, 0.3) is 0 Å². The quantitative estimate of drug-likeness (QED) is 0.136. The minimum Gasteiger partial charge on any atom is -1.00 e. The summed E-state index contributed by atoms with van der Waals surface area (Å²) >= 11 is 0. The van der Waals surface area contributed by atoms with Crippen molar-refractivity contribution in [3.05, 3.63) is 166 Å². The molecule has 56 heavy (non-hydrogen) atoms. The van der Waals surface area contributed by atoms with E-state index in [1.807, 2.05) is 24.3 Å². The van der Waals surface area contributed by atoms with Crippen LogP contribution in [0.15, 0.2) is 97.1 Å². The van der Waals surface area contributed by atoms with Crippen molar-refractivity contribution < 1.29 is 86.4 Å². The molecule has 0 nitrogen and oxygen atoms in total. The molecule has 0 fully saturated rings. The molecular weight excluding hydrogens is 967 g/mol. The summed E-state index contributed by atoms with van der Waals surface area (Å²) in [5.74, 6) is 0. The van der Waals surface area contributed by atoms with Crippen molar-refractivity contribution in [1.82, 2.24) is 0 Å². The van der Waals surface area contributed by atoms with E-state index in [0.29, 0.717) is 0 Å². The number of benzene rings is 4. The van der Waals surface area contributed by atoms with E-state index in [0.717, 1.165) is 25.7 Å². The van der Waals surface area contributed by atoms with Gasteiger partial charge in [-0.05, 0) is 34.8 Å². The van der Waals surface area contributed by atoms with Crippen molar-refractivity contribution in [2.24, 2.45) is 0 Å². The van der Waals surface area contributed by atoms with Gasteiger partial charge in [-0.15, -0.1) is 24.0 Å². The molecule has 0 aromatic heterocycles. The molecule has 4 aliphatic carbocycles. The summed E-state index contributed by atoms with van der Waals surface area (Å²) in [5, 5.41) is 0. The van der Waals surface area contributed by atoms with E-state index in [9.17, 15) is 0 Å². The molecule has 0 heterocycles. The minimum absolute atomic E-state index is 0. The Balaban J connectivity index is 0.000000423. The van der Waals surface area contributed by atoms with Gasteiger partial charge >= 0.3 is 52.4 Å². The van der Waals surface area contributed by atoms with Crippen LogP contribution in [0.25, 0.3) is 22.3 Å². The number of fused-ring (bicyclic) bond motifs is 6. The molecule has 8 rings (SSSR count). The Morgan fingerprint density at radius 2 is 0.750 bits per heavy atom. The van der Waals surface area contributed by atoms with Gasteiger partial charge in [-0.1, -0.05) is 153 Å². The third-order valence-electron chi connectivity index (χ3n) is 10.2. The molecule has 4 aromatic rings. The van der Waals surface area contributed by atoms with Gasteiger partial charge in [0.2, 0.25) is 0 Å². The molecule has 4 aromatic carbocycles. The van der Waals surface area contributed by atoms with Crippen LogP contribution < -0.4 is 34.0 Å². The van der Waals surface area contributed by atoms with Crippen LogP contribution in [0.1, 0.15) is 140 Å². The van der Waals surface area contributed by atoms with E-state index >= 15 is 0 Å². The molecule has 292 valence electrons. The molecule has 4 aliphatic rings. The molecule has 0 saturated carbocycles. The monoisotopic (exact) mass is 1020 g/mol. The van der Waals surface area contributed by atoms with Gasteiger partial charge in [-0.25, -0.2) is 24.3 Å². The van der Waals surface area contributed by atoms with Gasteiger partial charge in [0.05, 0.1) is 0 Å². The average Bonchev–Trinajstić information content (AvgIpc) is 3.90. The molecule has 0 spiro atoms. The Hall–Kier alpha value is -1.43. The zero-order valence-corrected chi connectivity index (χ0v) is 43.9. The van der Waals surface area contributed by atoms with Crippen molar-refractivity contribution in [2.45, 2.75) is 130 Å². The molecule has 0 amide bonds. The van der Waals surface area contributed by atoms with E-state index in [1.54, 1.807) is 0 Å². The van der Waals surface area contributed by atoms with Crippen LogP contribution in [-0.2, 0) is 86.9 Å². The second-order valence-electron chi connectivity index (χ2n) is 18.7. The number of rotatable bonds is 0. The third-order valence-corrected chi connectivity index (χ3v) is 10.2. The van der Waals surface area contributed by atoms with Crippen molar-refractivity contribution in [3.63, 3.8) is 0 Å². The Morgan fingerprint density at radius 1 is 0.429 bits per heavy atom. The first-order valence-corrected chi connectivity index (χ1v) is 19.1. The smallest absolute Gasteiger partial charge is 1.00 e. The second kappa shape index (κ2) is 21.7. The first-order chi connectivity index (χ1) is 24.3. The van der Waals surface area contributed by atoms with Crippen LogP contribution in [0.4, 0.5) is 0 Å². The fraction of sp³-hybridized carbons (Fsp3) is 0.385. The third kappa shape index (κ3) is 13.8. The Kier molecular flexibility index (Phi) is 20.4.